The van der Waals surface area contributed by atoms with Crippen LogP contribution in [0.2, 0.25) is 0 Å². The number of fused-ring (bicyclic) bond motifs is 1. The molecular weight excluding hydrogens is 239 g/mol. The van der Waals surface area contributed by atoms with E-state index >= 15 is 0 Å². The fourth-order valence-electron chi connectivity index (χ4n) is 2.91. The van der Waals surface area contributed by atoms with Crippen molar-refractivity contribution >= 4 is 5.78 Å². The van der Waals surface area contributed by atoms with Crippen molar-refractivity contribution in [1.82, 2.24) is 0 Å². The summed E-state index contributed by atoms with van der Waals surface area (Å²) >= 11 is 0. The Morgan fingerprint density at radius 1 is 1.21 bits per heavy atom. The van der Waals surface area contributed by atoms with Crippen LogP contribution in [0.15, 0.2) is 42.5 Å². The van der Waals surface area contributed by atoms with Gasteiger partial charge in [0.2, 0.25) is 0 Å². The maximum absolute atomic E-state index is 13.4. The third-order valence-corrected chi connectivity index (χ3v) is 3.78. The molecule has 96 valence electrons. The summed E-state index contributed by atoms with van der Waals surface area (Å²) in [5.41, 5.74) is 3.62. The molecule has 0 saturated heterocycles. The summed E-state index contributed by atoms with van der Waals surface area (Å²) in [6.45, 7) is 1.81. The average Bonchev–Trinajstić information content (AvgIpc) is 2.80. The summed E-state index contributed by atoms with van der Waals surface area (Å²) in [4.78, 5) is 12.5. The van der Waals surface area contributed by atoms with E-state index in [-0.39, 0.29) is 17.5 Å². The van der Waals surface area contributed by atoms with Crippen LogP contribution in [0.4, 0.5) is 4.39 Å². The number of ketones is 1. The van der Waals surface area contributed by atoms with Gasteiger partial charge in [0.15, 0.2) is 5.78 Å². The first-order valence-corrected chi connectivity index (χ1v) is 6.54. The molecule has 19 heavy (non-hydrogen) atoms. The van der Waals surface area contributed by atoms with Crippen LogP contribution in [0.5, 0.6) is 0 Å². The van der Waals surface area contributed by atoms with E-state index in [0.717, 1.165) is 24.0 Å². The Balaban J connectivity index is 1.98. The highest BCUT2D eigenvalue weighted by atomic mass is 19.1. The number of benzene rings is 2. The summed E-state index contributed by atoms with van der Waals surface area (Å²) in [6.07, 6.45) is 1.76. The van der Waals surface area contributed by atoms with Crippen molar-refractivity contribution in [2.45, 2.75) is 25.7 Å². The number of rotatable bonds is 2. The van der Waals surface area contributed by atoms with E-state index in [1.807, 2.05) is 25.1 Å². The van der Waals surface area contributed by atoms with E-state index in [2.05, 4.69) is 6.07 Å². The quantitative estimate of drug-likeness (QED) is 0.739. The number of carbonyl (C=O) groups excluding carboxylic acids is 1. The van der Waals surface area contributed by atoms with Crippen molar-refractivity contribution < 1.29 is 9.18 Å². The highest BCUT2D eigenvalue weighted by molar-refractivity contribution is 6.01. The van der Waals surface area contributed by atoms with Gasteiger partial charge in [-0.25, -0.2) is 4.39 Å². The number of aryl methyl sites for hydroxylation is 2. The first-order valence-electron chi connectivity index (χ1n) is 6.54. The van der Waals surface area contributed by atoms with Gasteiger partial charge in [0, 0.05) is 11.5 Å². The summed E-state index contributed by atoms with van der Waals surface area (Å²) < 4.78 is 13.4. The lowest BCUT2D eigenvalue weighted by Crippen LogP contribution is -2.10. The van der Waals surface area contributed by atoms with Crippen molar-refractivity contribution in [2.75, 3.05) is 0 Å². The van der Waals surface area contributed by atoms with Gasteiger partial charge >= 0.3 is 0 Å². The van der Waals surface area contributed by atoms with E-state index in [1.165, 1.54) is 17.7 Å². The van der Waals surface area contributed by atoms with Crippen molar-refractivity contribution in [2.24, 2.45) is 0 Å². The predicted octanol–water partition coefficient (Wildman–Crippen LogP) is 4.05. The number of carbonyl (C=O) groups is 1. The van der Waals surface area contributed by atoms with Crippen LogP contribution < -0.4 is 0 Å². The fourth-order valence-corrected chi connectivity index (χ4v) is 2.91. The molecule has 1 aliphatic carbocycles. The average molecular weight is 254 g/mol. The summed E-state index contributed by atoms with van der Waals surface area (Å²) in [7, 11) is 0. The van der Waals surface area contributed by atoms with Crippen LogP contribution in [-0.4, -0.2) is 5.78 Å². The summed E-state index contributed by atoms with van der Waals surface area (Å²) in [6, 6.07) is 12.6. The highest BCUT2D eigenvalue weighted by Gasteiger charge is 2.29. The molecule has 2 aromatic carbocycles. The van der Waals surface area contributed by atoms with E-state index < -0.39 is 0 Å². The molecule has 1 aliphatic rings. The molecular formula is C17H15FO. The smallest absolute Gasteiger partial charge is 0.170 e. The molecule has 3 rings (SSSR count). The standard InChI is InChI=1S/C17H15FO/c1-11-8-13(10-14(18)9-11)17(19)16-7-6-12-4-2-3-5-15(12)16/h2-5,8-10,16H,6-7H2,1H3. The van der Waals surface area contributed by atoms with Crippen LogP contribution >= 0.6 is 0 Å². The second-order valence-corrected chi connectivity index (χ2v) is 5.17. The largest absolute Gasteiger partial charge is 0.293 e. The molecule has 0 spiro atoms. The Labute approximate surface area is 112 Å². The molecule has 0 fully saturated rings. The van der Waals surface area contributed by atoms with Gasteiger partial charge in [-0.05, 0) is 54.7 Å². The first-order chi connectivity index (χ1) is 9.15. The Morgan fingerprint density at radius 3 is 2.79 bits per heavy atom. The third kappa shape index (κ3) is 2.19. The number of hydrogen-bond donors (Lipinski definition) is 0. The fraction of sp³-hybridized carbons (Fsp3) is 0.235. The Bertz CT molecular complexity index is 625. The van der Waals surface area contributed by atoms with Gasteiger partial charge in [0.25, 0.3) is 0 Å². The molecule has 0 aromatic heterocycles. The SMILES string of the molecule is Cc1cc(F)cc(C(=O)C2CCc3ccccc32)c1. The second-order valence-electron chi connectivity index (χ2n) is 5.17. The minimum absolute atomic E-state index is 0.0348. The summed E-state index contributed by atoms with van der Waals surface area (Å²) in [5.74, 6) is -0.417. The predicted molar refractivity (Wildman–Crippen MR) is 73.0 cm³/mol. The van der Waals surface area contributed by atoms with Crippen molar-refractivity contribution in [1.29, 1.82) is 0 Å². The van der Waals surface area contributed by atoms with Crippen molar-refractivity contribution in [3.63, 3.8) is 0 Å². The van der Waals surface area contributed by atoms with Gasteiger partial charge < -0.3 is 0 Å². The molecule has 0 amide bonds. The molecule has 1 atom stereocenters. The summed E-state index contributed by atoms with van der Waals surface area (Å²) in [5, 5.41) is 0. The lowest BCUT2D eigenvalue weighted by Gasteiger charge is -2.11. The number of halogens is 1. The number of Topliss-reactive ketones (excluding diaryl/α,β-unsaturated/α-hetero) is 1. The van der Waals surface area contributed by atoms with Gasteiger partial charge in [0.1, 0.15) is 5.82 Å². The van der Waals surface area contributed by atoms with Gasteiger partial charge in [-0.1, -0.05) is 24.3 Å². The molecule has 2 heteroatoms. The number of hydrogen-bond acceptors (Lipinski definition) is 1. The van der Waals surface area contributed by atoms with Gasteiger partial charge in [-0.2, -0.15) is 0 Å². The molecule has 0 radical (unpaired) electrons. The van der Waals surface area contributed by atoms with E-state index in [0.29, 0.717) is 5.56 Å². The maximum Gasteiger partial charge on any atom is 0.170 e. The van der Waals surface area contributed by atoms with Gasteiger partial charge in [-0.3, -0.25) is 4.79 Å². The molecule has 1 unspecified atom stereocenters. The van der Waals surface area contributed by atoms with E-state index in [9.17, 15) is 9.18 Å². The molecule has 0 bridgehead atoms. The third-order valence-electron chi connectivity index (χ3n) is 3.78. The van der Waals surface area contributed by atoms with Crippen LogP contribution in [-0.2, 0) is 6.42 Å². The zero-order valence-electron chi connectivity index (χ0n) is 10.8. The molecule has 0 N–H and O–H groups in total. The molecule has 0 heterocycles. The molecule has 0 saturated carbocycles. The van der Waals surface area contributed by atoms with Crippen LogP contribution in [0.3, 0.4) is 0 Å². The lowest BCUT2D eigenvalue weighted by atomic mass is 9.91. The molecule has 2 aromatic rings. The zero-order chi connectivity index (χ0) is 13.4. The molecule has 0 aliphatic heterocycles. The van der Waals surface area contributed by atoms with E-state index in [4.69, 9.17) is 0 Å². The van der Waals surface area contributed by atoms with Crippen LogP contribution in [0.25, 0.3) is 0 Å². The second kappa shape index (κ2) is 4.61. The van der Waals surface area contributed by atoms with Crippen LogP contribution in [0.1, 0.15) is 39.4 Å². The Hall–Kier alpha value is -1.96. The highest BCUT2D eigenvalue weighted by Crippen LogP contribution is 2.35. The Morgan fingerprint density at radius 2 is 2.00 bits per heavy atom. The van der Waals surface area contributed by atoms with Gasteiger partial charge in [0.05, 0.1) is 0 Å². The lowest BCUT2D eigenvalue weighted by molar-refractivity contribution is 0.0959. The normalized spacial score (nSPS) is 17.3. The van der Waals surface area contributed by atoms with Crippen molar-refractivity contribution in [3.8, 4) is 0 Å². The van der Waals surface area contributed by atoms with Crippen LogP contribution in [0, 0.1) is 12.7 Å². The van der Waals surface area contributed by atoms with E-state index in [1.54, 1.807) is 6.07 Å². The minimum Gasteiger partial charge on any atom is -0.293 e. The molecule has 1 nitrogen and oxygen atoms in total. The topological polar surface area (TPSA) is 17.1 Å². The van der Waals surface area contributed by atoms with Gasteiger partial charge in [-0.15, -0.1) is 0 Å². The van der Waals surface area contributed by atoms with Crippen molar-refractivity contribution in [3.05, 3.63) is 70.5 Å². The Kier molecular flexibility index (Phi) is 2.94. The first kappa shape index (κ1) is 12.1. The monoisotopic (exact) mass is 254 g/mol. The zero-order valence-corrected chi connectivity index (χ0v) is 10.8. The maximum atomic E-state index is 13.4. The minimum atomic E-state index is -0.338.